The molecule has 2 N–H and O–H groups in total. The molecule has 18 heavy (non-hydrogen) atoms. The van der Waals surface area contributed by atoms with Crippen LogP contribution in [0.3, 0.4) is 0 Å². The number of nitrogens with two attached hydrogens (primary N) is 1. The zero-order valence-electron chi connectivity index (χ0n) is 11.2. The second-order valence-corrected chi connectivity index (χ2v) is 5.26. The zero-order valence-corrected chi connectivity index (χ0v) is 11.2. The Balaban J connectivity index is 2.07. The summed E-state index contributed by atoms with van der Waals surface area (Å²) in [6.07, 6.45) is 1.57. The molecule has 1 amide bonds. The number of aryl methyl sites for hydroxylation is 1. The highest BCUT2D eigenvalue weighted by Crippen LogP contribution is 2.24. The second kappa shape index (κ2) is 5.53. The second-order valence-electron chi connectivity index (χ2n) is 5.26. The Kier molecular flexibility index (Phi) is 4.02. The van der Waals surface area contributed by atoms with E-state index < -0.39 is 0 Å². The Morgan fingerprint density at radius 2 is 2.17 bits per heavy atom. The maximum atomic E-state index is 12.4. The summed E-state index contributed by atoms with van der Waals surface area (Å²) in [5.74, 6) is 0.736. The van der Waals surface area contributed by atoms with E-state index in [0.717, 1.165) is 18.5 Å². The first-order chi connectivity index (χ1) is 8.63. The maximum absolute atomic E-state index is 12.4. The summed E-state index contributed by atoms with van der Waals surface area (Å²) in [5, 5.41) is 0. The van der Waals surface area contributed by atoms with Crippen molar-refractivity contribution in [3.05, 3.63) is 35.4 Å². The van der Waals surface area contributed by atoms with Crippen molar-refractivity contribution in [2.45, 2.75) is 32.7 Å². The lowest BCUT2D eigenvalue weighted by Gasteiger charge is -2.26. The van der Waals surface area contributed by atoms with Gasteiger partial charge < -0.3 is 10.6 Å². The molecule has 2 unspecified atom stereocenters. The zero-order chi connectivity index (χ0) is 13.1. The number of nitrogens with zero attached hydrogens (tertiary/aromatic N) is 1. The molecule has 3 nitrogen and oxygen atoms in total. The van der Waals surface area contributed by atoms with E-state index >= 15 is 0 Å². The van der Waals surface area contributed by atoms with Crippen molar-refractivity contribution in [2.24, 2.45) is 11.7 Å². The van der Waals surface area contributed by atoms with Crippen LogP contribution in [0.4, 0.5) is 0 Å². The largest absolute Gasteiger partial charge is 0.338 e. The first kappa shape index (κ1) is 13.1. The Morgan fingerprint density at radius 3 is 2.83 bits per heavy atom. The van der Waals surface area contributed by atoms with Crippen molar-refractivity contribution in [1.82, 2.24) is 4.90 Å². The number of amides is 1. The van der Waals surface area contributed by atoms with Gasteiger partial charge in [0.05, 0.1) is 6.42 Å². The highest BCUT2D eigenvalue weighted by atomic mass is 16.2. The normalized spacial score (nSPS) is 23.4. The molecule has 0 aromatic heterocycles. The molecule has 0 spiro atoms. The molecule has 0 radical (unpaired) electrons. The van der Waals surface area contributed by atoms with Crippen molar-refractivity contribution in [3.63, 3.8) is 0 Å². The summed E-state index contributed by atoms with van der Waals surface area (Å²) in [6, 6.07) is 8.30. The summed E-state index contributed by atoms with van der Waals surface area (Å²) in [4.78, 5) is 14.3. The average Bonchev–Trinajstić information content (AvgIpc) is 2.73. The third-order valence-electron chi connectivity index (χ3n) is 4.05. The van der Waals surface area contributed by atoms with Gasteiger partial charge in [0.1, 0.15) is 0 Å². The number of likely N-dealkylation sites (tertiary alicyclic amines) is 1. The van der Waals surface area contributed by atoms with Crippen molar-refractivity contribution in [1.29, 1.82) is 0 Å². The van der Waals surface area contributed by atoms with Gasteiger partial charge in [-0.2, -0.15) is 0 Å². The summed E-state index contributed by atoms with van der Waals surface area (Å²) in [7, 11) is 0. The predicted octanol–water partition coefficient (Wildman–Crippen LogP) is 1.73. The number of benzene rings is 1. The Labute approximate surface area is 109 Å². The van der Waals surface area contributed by atoms with Crippen molar-refractivity contribution < 1.29 is 4.79 Å². The monoisotopic (exact) mass is 246 g/mol. The third kappa shape index (κ3) is 2.56. The molecule has 1 aliphatic heterocycles. The van der Waals surface area contributed by atoms with Gasteiger partial charge in [0.2, 0.25) is 5.91 Å². The van der Waals surface area contributed by atoms with E-state index in [2.05, 4.69) is 19.9 Å². The lowest BCUT2D eigenvalue weighted by molar-refractivity contribution is -0.131. The van der Waals surface area contributed by atoms with Crippen LogP contribution in [-0.4, -0.2) is 29.9 Å². The molecule has 2 atom stereocenters. The Morgan fingerprint density at radius 1 is 1.44 bits per heavy atom. The number of hydrogen-bond donors (Lipinski definition) is 1. The average molecular weight is 246 g/mol. The minimum absolute atomic E-state index is 0.212. The first-order valence-electron chi connectivity index (χ1n) is 6.67. The Hall–Kier alpha value is -1.35. The number of carbonyl (C=O) groups is 1. The summed E-state index contributed by atoms with van der Waals surface area (Å²) in [6.45, 7) is 5.66. The summed E-state index contributed by atoms with van der Waals surface area (Å²) < 4.78 is 0. The van der Waals surface area contributed by atoms with E-state index in [0.29, 0.717) is 18.9 Å². The van der Waals surface area contributed by atoms with Gasteiger partial charge in [-0.1, -0.05) is 31.2 Å². The maximum Gasteiger partial charge on any atom is 0.227 e. The van der Waals surface area contributed by atoms with Crippen LogP contribution in [0.15, 0.2) is 24.3 Å². The Bertz CT molecular complexity index is 430. The van der Waals surface area contributed by atoms with E-state index in [1.165, 1.54) is 5.56 Å². The molecule has 1 heterocycles. The van der Waals surface area contributed by atoms with Gasteiger partial charge in [0.15, 0.2) is 0 Å². The van der Waals surface area contributed by atoms with E-state index in [9.17, 15) is 4.79 Å². The lowest BCUT2D eigenvalue weighted by atomic mass is 10.0. The number of carbonyl (C=O) groups excluding carboxylic acids is 1. The van der Waals surface area contributed by atoms with Gasteiger partial charge in [-0.05, 0) is 30.4 Å². The SMILES string of the molecule is Cc1ccccc1CC(=O)N1CCC(C)C1CN. The van der Waals surface area contributed by atoms with Crippen molar-refractivity contribution in [2.75, 3.05) is 13.1 Å². The smallest absolute Gasteiger partial charge is 0.227 e. The van der Waals surface area contributed by atoms with Gasteiger partial charge in [0.25, 0.3) is 0 Å². The quantitative estimate of drug-likeness (QED) is 0.883. The molecule has 1 aromatic carbocycles. The molecule has 1 fully saturated rings. The van der Waals surface area contributed by atoms with Gasteiger partial charge in [-0.15, -0.1) is 0 Å². The van der Waals surface area contributed by atoms with E-state index in [1.54, 1.807) is 0 Å². The fourth-order valence-corrected chi connectivity index (χ4v) is 2.75. The van der Waals surface area contributed by atoms with Crippen molar-refractivity contribution in [3.8, 4) is 0 Å². The minimum atomic E-state index is 0.212. The fraction of sp³-hybridized carbons (Fsp3) is 0.533. The van der Waals surface area contributed by atoms with Gasteiger partial charge in [-0.3, -0.25) is 4.79 Å². The molecular weight excluding hydrogens is 224 g/mol. The van der Waals surface area contributed by atoms with Crippen LogP contribution in [0.25, 0.3) is 0 Å². The highest BCUT2D eigenvalue weighted by molar-refractivity contribution is 5.79. The molecule has 1 saturated heterocycles. The molecule has 0 saturated carbocycles. The molecule has 3 heteroatoms. The van der Waals surface area contributed by atoms with Gasteiger partial charge in [-0.25, -0.2) is 0 Å². The van der Waals surface area contributed by atoms with Crippen LogP contribution in [0, 0.1) is 12.8 Å². The molecular formula is C15H22N2O. The van der Waals surface area contributed by atoms with E-state index in [1.807, 2.05) is 23.1 Å². The molecule has 0 bridgehead atoms. The van der Waals surface area contributed by atoms with Crippen molar-refractivity contribution >= 4 is 5.91 Å². The number of rotatable bonds is 3. The molecule has 98 valence electrons. The van der Waals surface area contributed by atoms with E-state index in [4.69, 9.17) is 5.73 Å². The molecule has 1 aliphatic rings. The first-order valence-corrected chi connectivity index (χ1v) is 6.67. The predicted molar refractivity (Wildman–Crippen MR) is 73.2 cm³/mol. The van der Waals surface area contributed by atoms with Crippen LogP contribution in [0.5, 0.6) is 0 Å². The van der Waals surface area contributed by atoms with E-state index in [-0.39, 0.29) is 11.9 Å². The van der Waals surface area contributed by atoms with Crippen LogP contribution < -0.4 is 5.73 Å². The van der Waals surface area contributed by atoms with Gasteiger partial charge in [0, 0.05) is 19.1 Å². The summed E-state index contributed by atoms with van der Waals surface area (Å²) >= 11 is 0. The summed E-state index contributed by atoms with van der Waals surface area (Å²) in [5.41, 5.74) is 8.09. The lowest BCUT2D eigenvalue weighted by Crippen LogP contribution is -2.42. The molecule has 2 rings (SSSR count). The molecule has 0 aliphatic carbocycles. The third-order valence-corrected chi connectivity index (χ3v) is 4.05. The van der Waals surface area contributed by atoms with Crippen LogP contribution >= 0.6 is 0 Å². The topological polar surface area (TPSA) is 46.3 Å². The molecule has 1 aromatic rings. The fourth-order valence-electron chi connectivity index (χ4n) is 2.75. The minimum Gasteiger partial charge on any atom is -0.338 e. The van der Waals surface area contributed by atoms with Crippen LogP contribution in [0.2, 0.25) is 0 Å². The van der Waals surface area contributed by atoms with Crippen LogP contribution in [-0.2, 0) is 11.2 Å². The van der Waals surface area contributed by atoms with Gasteiger partial charge >= 0.3 is 0 Å². The number of hydrogen-bond acceptors (Lipinski definition) is 2. The standard InChI is InChI=1S/C15H22N2O/c1-11-5-3-4-6-13(11)9-15(18)17-8-7-12(2)14(17)10-16/h3-6,12,14H,7-10,16H2,1-2H3. The van der Waals surface area contributed by atoms with Crippen LogP contribution in [0.1, 0.15) is 24.5 Å². The highest BCUT2D eigenvalue weighted by Gasteiger charge is 2.33.